The fourth-order valence-corrected chi connectivity index (χ4v) is 3.67. The quantitative estimate of drug-likeness (QED) is 0.697. The third-order valence-electron chi connectivity index (χ3n) is 3.83. The van der Waals surface area contributed by atoms with Crippen LogP contribution in [0.1, 0.15) is 34.8 Å². The smallest absolute Gasteiger partial charge is 0.352 e. The number of alkyl halides is 3. The average molecular weight is 435 g/mol. The molecule has 0 radical (unpaired) electrons. The number of halogens is 4. The topological polar surface area (TPSA) is 75.3 Å². The molecule has 0 aromatic heterocycles. The summed E-state index contributed by atoms with van der Waals surface area (Å²) in [5.74, 6) is -0.459. The fraction of sp³-hybridized carbons (Fsp3) is 0.278. The van der Waals surface area contributed by atoms with Crippen molar-refractivity contribution < 1.29 is 26.4 Å². The lowest BCUT2D eigenvalue weighted by Gasteiger charge is -2.16. The summed E-state index contributed by atoms with van der Waals surface area (Å²) >= 11 is 5.60. The summed E-state index contributed by atoms with van der Waals surface area (Å²) in [7, 11) is -4.38. The third kappa shape index (κ3) is 5.17. The van der Waals surface area contributed by atoms with Gasteiger partial charge >= 0.3 is 6.18 Å². The number of rotatable bonds is 6. The zero-order chi connectivity index (χ0) is 21.1. The standard InChI is InChI=1S/C18H18ClF3N2O3S/c1-3-8-23-17(25)14-10-13(6-4-11(14)2)28(26,27)24-16-7-5-12(19)9-15(16)18(20,21)22/h4-7,9-10,24H,3,8H2,1-2H3,(H,23,25). The van der Waals surface area contributed by atoms with Gasteiger partial charge in [0.1, 0.15) is 0 Å². The Balaban J connectivity index is 2.43. The van der Waals surface area contributed by atoms with Crippen molar-refractivity contribution >= 4 is 33.2 Å². The molecule has 2 rings (SSSR count). The van der Waals surface area contributed by atoms with E-state index in [1.165, 1.54) is 12.1 Å². The Morgan fingerprint density at radius 1 is 1.14 bits per heavy atom. The monoisotopic (exact) mass is 434 g/mol. The number of carbonyl (C=O) groups is 1. The van der Waals surface area contributed by atoms with E-state index in [9.17, 15) is 26.4 Å². The Hall–Kier alpha value is -2.26. The maximum atomic E-state index is 13.2. The molecule has 0 saturated heterocycles. The van der Waals surface area contributed by atoms with E-state index >= 15 is 0 Å². The van der Waals surface area contributed by atoms with Crippen molar-refractivity contribution in [1.29, 1.82) is 0 Å². The van der Waals surface area contributed by atoms with Gasteiger partial charge in [-0.15, -0.1) is 0 Å². The van der Waals surface area contributed by atoms with Crippen LogP contribution < -0.4 is 10.0 Å². The molecule has 28 heavy (non-hydrogen) atoms. The van der Waals surface area contributed by atoms with Crippen molar-refractivity contribution in [3.8, 4) is 0 Å². The SMILES string of the molecule is CCCNC(=O)c1cc(S(=O)(=O)Nc2ccc(Cl)cc2C(F)(F)F)ccc1C. The summed E-state index contributed by atoms with van der Waals surface area (Å²) in [5.41, 5.74) is -1.20. The van der Waals surface area contributed by atoms with E-state index in [1.807, 2.05) is 11.6 Å². The zero-order valence-corrected chi connectivity index (χ0v) is 16.6. The van der Waals surface area contributed by atoms with Gasteiger partial charge in [-0.1, -0.05) is 24.6 Å². The Morgan fingerprint density at radius 3 is 2.43 bits per heavy atom. The highest BCUT2D eigenvalue weighted by Gasteiger charge is 2.35. The van der Waals surface area contributed by atoms with Crippen molar-refractivity contribution in [1.82, 2.24) is 5.32 Å². The first-order chi connectivity index (χ1) is 13.0. The molecule has 0 heterocycles. The van der Waals surface area contributed by atoms with Gasteiger partial charge in [-0.25, -0.2) is 8.42 Å². The number of carbonyl (C=O) groups excluding carboxylic acids is 1. The van der Waals surface area contributed by atoms with E-state index < -0.39 is 33.4 Å². The molecule has 1 amide bonds. The van der Waals surface area contributed by atoms with Crippen LogP contribution in [0.15, 0.2) is 41.3 Å². The summed E-state index contributed by atoms with van der Waals surface area (Å²) in [6.45, 7) is 3.90. The number of nitrogens with one attached hydrogen (secondary N) is 2. The zero-order valence-electron chi connectivity index (χ0n) is 15.0. The number of hydrogen-bond donors (Lipinski definition) is 2. The van der Waals surface area contributed by atoms with Crippen LogP contribution in [0.4, 0.5) is 18.9 Å². The number of aryl methyl sites for hydroxylation is 1. The van der Waals surface area contributed by atoms with Crippen LogP contribution in [0.25, 0.3) is 0 Å². The van der Waals surface area contributed by atoms with Crippen molar-refractivity contribution in [3.05, 3.63) is 58.1 Å². The maximum Gasteiger partial charge on any atom is 0.418 e. The minimum atomic E-state index is -4.80. The molecule has 2 aromatic carbocycles. The molecule has 0 aliphatic rings. The molecule has 0 fully saturated rings. The molecule has 0 unspecified atom stereocenters. The molecule has 0 aliphatic heterocycles. The molecule has 0 atom stereocenters. The van der Waals surface area contributed by atoms with Crippen LogP contribution >= 0.6 is 11.6 Å². The highest BCUT2D eigenvalue weighted by Crippen LogP contribution is 2.37. The molecule has 152 valence electrons. The lowest BCUT2D eigenvalue weighted by atomic mass is 10.1. The van der Waals surface area contributed by atoms with Crippen molar-refractivity contribution in [2.75, 3.05) is 11.3 Å². The largest absolute Gasteiger partial charge is 0.418 e. The number of amides is 1. The van der Waals surface area contributed by atoms with Gasteiger partial charge in [-0.3, -0.25) is 9.52 Å². The van der Waals surface area contributed by atoms with Crippen LogP contribution in [0.2, 0.25) is 5.02 Å². The van der Waals surface area contributed by atoms with E-state index in [0.717, 1.165) is 18.2 Å². The van der Waals surface area contributed by atoms with Gasteiger partial charge in [0.05, 0.1) is 16.1 Å². The Bertz CT molecular complexity index is 992. The molecule has 0 spiro atoms. The van der Waals surface area contributed by atoms with Crippen LogP contribution in [0, 0.1) is 6.92 Å². The number of sulfonamides is 1. The molecule has 5 nitrogen and oxygen atoms in total. The Kier molecular flexibility index (Phi) is 6.61. The molecular weight excluding hydrogens is 417 g/mol. The summed E-state index contributed by atoms with van der Waals surface area (Å²) in [6, 6.07) is 6.49. The predicted molar refractivity (Wildman–Crippen MR) is 101 cm³/mol. The Morgan fingerprint density at radius 2 is 1.82 bits per heavy atom. The van der Waals surface area contributed by atoms with Gasteiger partial charge in [-0.2, -0.15) is 13.2 Å². The van der Waals surface area contributed by atoms with Gasteiger partial charge in [0, 0.05) is 17.1 Å². The molecule has 0 bridgehead atoms. The normalized spacial score (nSPS) is 11.9. The highest BCUT2D eigenvalue weighted by atomic mass is 35.5. The first kappa shape index (κ1) is 22.0. The lowest BCUT2D eigenvalue weighted by Crippen LogP contribution is -2.25. The van der Waals surface area contributed by atoms with Crippen LogP contribution in [0.3, 0.4) is 0 Å². The molecular formula is C18H18ClF3N2O3S. The van der Waals surface area contributed by atoms with Crippen LogP contribution in [-0.4, -0.2) is 20.9 Å². The van der Waals surface area contributed by atoms with Crippen LogP contribution in [0.5, 0.6) is 0 Å². The summed E-state index contributed by atoms with van der Waals surface area (Å²) in [5, 5.41) is 2.46. The van der Waals surface area contributed by atoms with E-state index in [-0.39, 0.29) is 15.5 Å². The van der Waals surface area contributed by atoms with Gasteiger partial charge in [0.15, 0.2) is 0 Å². The van der Waals surface area contributed by atoms with Crippen molar-refractivity contribution in [2.45, 2.75) is 31.3 Å². The second-order valence-corrected chi connectivity index (χ2v) is 8.14. The number of anilines is 1. The van der Waals surface area contributed by atoms with E-state index in [4.69, 9.17) is 11.6 Å². The van der Waals surface area contributed by atoms with Crippen molar-refractivity contribution in [3.63, 3.8) is 0 Å². The predicted octanol–water partition coefficient (Wildman–Crippen LogP) is 4.61. The fourth-order valence-electron chi connectivity index (χ4n) is 2.39. The lowest BCUT2D eigenvalue weighted by molar-refractivity contribution is -0.136. The van der Waals surface area contributed by atoms with Crippen molar-refractivity contribution in [2.24, 2.45) is 0 Å². The number of benzene rings is 2. The Labute approximate surface area is 166 Å². The van der Waals surface area contributed by atoms with Gasteiger partial charge in [-0.05, 0) is 49.2 Å². The van der Waals surface area contributed by atoms with Gasteiger partial charge in [0.2, 0.25) is 0 Å². The van der Waals surface area contributed by atoms with Gasteiger partial charge < -0.3 is 5.32 Å². The maximum absolute atomic E-state index is 13.2. The highest BCUT2D eigenvalue weighted by molar-refractivity contribution is 7.92. The first-order valence-electron chi connectivity index (χ1n) is 8.24. The minimum Gasteiger partial charge on any atom is -0.352 e. The molecule has 2 N–H and O–H groups in total. The molecule has 0 aliphatic carbocycles. The minimum absolute atomic E-state index is 0.128. The molecule has 0 saturated carbocycles. The van der Waals surface area contributed by atoms with E-state index in [0.29, 0.717) is 24.6 Å². The first-order valence-corrected chi connectivity index (χ1v) is 10.1. The van der Waals surface area contributed by atoms with Gasteiger partial charge in [0.25, 0.3) is 15.9 Å². The number of hydrogen-bond acceptors (Lipinski definition) is 3. The average Bonchev–Trinajstić information content (AvgIpc) is 2.60. The third-order valence-corrected chi connectivity index (χ3v) is 5.43. The summed E-state index contributed by atoms with van der Waals surface area (Å²) in [6.07, 6.45) is -4.11. The van der Waals surface area contributed by atoms with E-state index in [2.05, 4.69) is 5.32 Å². The van der Waals surface area contributed by atoms with E-state index in [1.54, 1.807) is 6.92 Å². The molecule has 2 aromatic rings. The molecule has 10 heteroatoms. The summed E-state index contributed by atoms with van der Waals surface area (Å²) in [4.78, 5) is 11.9. The second-order valence-electron chi connectivity index (χ2n) is 6.03. The summed E-state index contributed by atoms with van der Waals surface area (Å²) < 4.78 is 66.8. The second kappa shape index (κ2) is 8.40. The van der Waals surface area contributed by atoms with Crippen LogP contribution in [-0.2, 0) is 16.2 Å².